The van der Waals surface area contributed by atoms with Crippen molar-refractivity contribution in [2.75, 3.05) is 4.90 Å². The topological polar surface area (TPSA) is 70.2 Å². The fraction of sp³-hybridized carbons (Fsp3) is 0.476. The molecule has 1 saturated heterocycles. The highest BCUT2D eigenvalue weighted by Gasteiger charge is 2.70. The summed E-state index contributed by atoms with van der Waals surface area (Å²) in [5, 5.41) is 1.15. The maximum Gasteiger partial charge on any atom is 0.305 e. The second kappa shape index (κ2) is 5.60. The van der Waals surface area contributed by atoms with Gasteiger partial charge < -0.3 is 4.98 Å². The molecular formula is C21H19FN2O3S2. The van der Waals surface area contributed by atoms with Gasteiger partial charge in [0.1, 0.15) is 5.82 Å². The van der Waals surface area contributed by atoms with Crippen molar-refractivity contribution in [3.8, 4) is 0 Å². The number of carbonyl (C=O) groups is 2. The van der Waals surface area contributed by atoms with Crippen LogP contribution in [0, 0.1) is 35.4 Å². The standard InChI is InChI=1S/C21H19FN2O3S2/c1-21(2)14-10-7-11(15(14)28-17-16(21)29-20(27)23-17)13-12(10)18(25)24(19(13)26)9-5-3-8(22)4-6-9/h3-6,10-15H,7H2,1-2H3,(H,23,27)/t10-,11+,12-,13-,14+,15+/m0/s1. The summed E-state index contributed by atoms with van der Waals surface area (Å²) in [5.74, 6) is -0.806. The Balaban J connectivity index is 1.42. The van der Waals surface area contributed by atoms with Gasteiger partial charge in [-0.2, -0.15) is 0 Å². The molecule has 3 fully saturated rings. The van der Waals surface area contributed by atoms with Crippen LogP contribution in [0.2, 0.25) is 0 Å². The Labute approximate surface area is 174 Å². The maximum absolute atomic E-state index is 13.4. The quantitative estimate of drug-likeness (QED) is 0.704. The minimum Gasteiger partial charge on any atom is -0.307 e. The molecule has 6 atom stereocenters. The average Bonchev–Trinajstić information content (AvgIpc) is 3.38. The number of nitrogens with zero attached hydrogens (tertiary/aromatic N) is 1. The summed E-state index contributed by atoms with van der Waals surface area (Å²) in [6.45, 7) is 4.34. The number of nitrogens with one attached hydrogen (secondary N) is 1. The Morgan fingerprint density at radius 3 is 2.41 bits per heavy atom. The van der Waals surface area contributed by atoms with Crippen molar-refractivity contribution in [2.24, 2.45) is 29.6 Å². The second-order valence-electron chi connectivity index (χ2n) is 9.11. The number of hydrogen-bond acceptors (Lipinski definition) is 5. The van der Waals surface area contributed by atoms with Gasteiger partial charge in [-0.3, -0.25) is 19.3 Å². The van der Waals surface area contributed by atoms with Crippen molar-refractivity contribution in [3.05, 3.63) is 44.6 Å². The van der Waals surface area contributed by atoms with Gasteiger partial charge in [-0.15, -0.1) is 11.8 Å². The molecule has 6 rings (SSSR count). The first-order valence-corrected chi connectivity index (χ1v) is 11.5. The number of thiazole rings is 1. The molecule has 8 heteroatoms. The van der Waals surface area contributed by atoms with Crippen molar-refractivity contribution in [1.29, 1.82) is 0 Å². The molecule has 0 spiro atoms. The van der Waals surface area contributed by atoms with E-state index in [1.807, 2.05) is 0 Å². The van der Waals surface area contributed by atoms with Crippen molar-refractivity contribution < 1.29 is 14.0 Å². The van der Waals surface area contributed by atoms with Crippen molar-refractivity contribution >= 4 is 40.6 Å². The minimum absolute atomic E-state index is 0.0438. The van der Waals surface area contributed by atoms with Gasteiger partial charge in [0.2, 0.25) is 11.8 Å². The van der Waals surface area contributed by atoms with E-state index in [9.17, 15) is 18.8 Å². The van der Waals surface area contributed by atoms with E-state index in [0.29, 0.717) is 5.69 Å². The van der Waals surface area contributed by atoms with E-state index >= 15 is 0 Å². The molecule has 3 heterocycles. The summed E-state index contributed by atoms with van der Waals surface area (Å²) >= 11 is 2.96. The zero-order valence-electron chi connectivity index (χ0n) is 15.8. The number of aromatic amines is 1. The third kappa shape index (κ3) is 2.14. The van der Waals surface area contributed by atoms with E-state index in [-0.39, 0.29) is 56.9 Å². The van der Waals surface area contributed by atoms with E-state index in [4.69, 9.17) is 0 Å². The van der Waals surface area contributed by atoms with Gasteiger partial charge in [0.15, 0.2) is 0 Å². The molecule has 4 aliphatic rings. The molecule has 29 heavy (non-hydrogen) atoms. The number of thioether (sulfide) groups is 1. The lowest BCUT2D eigenvalue weighted by molar-refractivity contribution is -0.123. The van der Waals surface area contributed by atoms with E-state index in [1.54, 1.807) is 11.8 Å². The van der Waals surface area contributed by atoms with Crippen molar-refractivity contribution in [1.82, 2.24) is 4.98 Å². The highest BCUT2D eigenvalue weighted by molar-refractivity contribution is 8.00. The normalized spacial score (nSPS) is 36.3. The molecule has 1 N–H and O–H groups in total. The number of anilines is 1. The summed E-state index contributed by atoms with van der Waals surface area (Å²) in [6, 6.07) is 5.57. The minimum atomic E-state index is -0.391. The SMILES string of the molecule is CC1(C)c2sc(=O)[nH]c2S[C@@H]2[C@@H]3C[C@@H]([C@@H]4C(=O)N(c5ccc(F)cc5)C(=O)[C@@H]34)[C@H]21. The van der Waals surface area contributed by atoms with Crippen LogP contribution in [0.1, 0.15) is 25.1 Å². The smallest absolute Gasteiger partial charge is 0.305 e. The van der Waals surface area contributed by atoms with Crippen LogP contribution < -0.4 is 9.77 Å². The zero-order chi connectivity index (χ0) is 20.2. The summed E-state index contributed by atoms with van der Waals surface area (Å²) in [7, 11) is 0. The van der Waals surface area contributed by atoms with Crippen LogP contribution in [0.25, 0.3) is 0 Å². The Morgan fingerprint density at radius 1 is 1.07 bits per heavy atom. The number of hydrogen-bond donors (Lipinski definition) is 1. The lowest BCUT2D eigenvalue weighted by atomic mass is 9.64. The Kier molecular flexibility index (Phi) is 3.46. The van der Waals surface area contributed by atoms with Crippen LogP contribution in [0.4, 0.5) is 10.1 Å². The highest BCUT2D eigenvalue weighted by Crippen LogP contribution is 2.69. The van der Waals surface area contributed by atoms with Gasteiger partial charge >= 0.3 is 4.87 Å². The number of H-pyrrole nitrogens is 1. The molecule has 2 saturated carbocycles. The van der Waals surface area contributed by atoms with Gasteiger partial charge in [-0.1, -0.05) is 25.2 Å². The van der Waals surface area contributed by atoms with Crippen LogP contribution in [0.15, 0.2) is 34.1 Å². The molecule has 2 aromatic rings. The van der Waals surface area contributed by atoms with Gasteiger partial charge in [-0.05, 0) is 48.4 Å². The number of imide groups is 1. The second-order valence-corrected chi connectivity index (χ2v) is 11.3. The molecule has 2 aliphatic carbocycles. The molecule has 150 valence electrons. The lowest BCUT2D eigenvalue weighted by Gasteiger charge is -2.47. The number of aromatic nitrogens is 1. The van der Waals surface area contributed by atoms with Crippen LogP contribution in [-0.2, 0) is 15.0 Å². The fourth-order valence-electron chi connectivity index (χ4n) is 6.50. The Hall–Kier alpha value is -1.93. The van der Waals surface area contributed by atoms with E-state index in [2.05, 4.69) is 18.8 Å². The summed E-state index contributed by atoms with van der Waals surface area (Å²) in [6.07, 6.45) is 0.884. The Morgan fingerprint density at radius 2 is 1.72 bits per heavy atom. The number of fused-ring (bicyclic) bond motifs is 9. The van der Waals surface area contributed by atoms with Gasteiger partial charge in [0, 0.05) is 15.5 Å². The number of amides is 2. The Bertz CT molecular complexity index is 1120. The predicted molar refractivity (Wildman–Crippen MR) is 109 cm³/mol. The number of carbonyl (C=O) groups excluding carboxylic acids is 2. The largest absolute Gasteiger partial charge is 0.307 e. The fourth-order valence-corrected chi connectivity index (χ4v) is 9.65. The van der Waals surface area contributed by atoms with E-state index < -0.39 is 5.82 Å². The maximum atomic E-state index is 13.4. The molecular weight excluding hydrogens is 411 g/mol. The molecule has 2 aliphatic heterocycles. The van der Waals surface area contributed by atoms with E-state index in [0.717, 1.165) is 16.3 Å². The predicted octanol–water partition coefficient (Wildman–Crippen LogP) is 3.40. The summed E-state index contributed by atoms with van der Waals surface area (Å²) in [4.78, 5) is 43.9. The first-order chi connectivity index (χ1) is 13.8. The van der Waals surface area contributed by atoms with Crippen molar-refractivity contribution in [3.63, 3.8) is 0 Å². The van der Waals surface area contributed by atoms with Crippen LogP contribution in [0.5, 0.6) is 0 Å². The van der Waals surface area contributed by atoms with Gasteiger partial charge in [-0.25, -0.2) is 4.39 Å². The van der Waals surface area contributed by atoms with Crippen molar-refractivity contribution in [2.45, 2.75) is 36.0 Å². The van der Waals surface area contributed by atoms with Crippen LogP contribution >= 0.6 is 23.1 Å². The van der Waals surface area contributed by atoms with E-state index in [1.165, 1.54) is 40.5 Å². The molecule has 2 bridgehead atoms. The first kappa shape index (κ1) is 17.9. The van der Waals surface area contributed by atoms with Gasteiger partial charge in [0.25, 0.3) is 0 Å². The lowest BCUT2D eigenvalue weighted by Crippen LogP contribution is -2.48. The van der Waals surface area contributed by atoms with Gasteiger partial charge in [0.05, 0.1) is 22.5 Å². The first-order valence-electron chi connectivity index (χ1n) is 9.82. The summed E-state index contributed by atoms with van der Waals surface area (Å²) < 4.78 is 13.3. The number of halogens is 1. The summed E-state index contributed by atoms with van der Waals surface area (Å²) in [5.41, 5.74) is 0.236. The molecule has 1 aromatic heterocycles. The third-order valence-electron chi connectivity index (χ3n) is 7.48. The molecule has 2 amide bonds. The molecule has 0 unspecified atom stereocenters. The highest BCUT2D eigenvalue weighted by atomic mass is 32.2. The third-order valence-corrected chi connectivity index (χ3v) is 10.3. The van der Waals surface area contributed by atoms with Crippen LogP contribution in [-0.4, -0.2) is 22.0 Å². The number of rotatable bonds is 1. The monoisotopic (exact) mass is 430 g/mol. The molecule has 0 radical (unpaired) electrons. The molecule has 5 nitrogen and oxygen atoms in total. The zero-order valence-corrected chi connectivity index (χ0v) is 17.5. The molecule has 1 aromatic carbocycles. The average molecular weight is 431 g/mol. The number of benzene rings is 1. The van der Waals surface area contributed by atoms with Crippen LogP contribution in [0.3, 0.4) is 0 Å².